The van der Waals surface area contributed by atoms with Crippen LogP contribution in [0.2, 0.25) is 0 Å². The van der Waals surface area contributed by atoms with Gasteiger partial charge in [0.2, 0.25) is 0 Å². The smallest absolute Gasteiger partial charge is 0.362 e. The summed E-state index contributed by atoms with van der Waals surface area (Å²) in [5, 5.41) is 25.2. The van der Waals surface area contributed by atoms with Crippen LogP contribution in [-0.2, 0) is 9.59 Å². The molecule has 2 aliphatic heterocycles. The van der Waals surface area contributed by atoms with E-state index >= 15 is 0 Å². The van der Waals surface area contributed by atoms with Crippen LogP contribution in [0.25, 0.3) is 0 Å². The zero-order valence-electron chi connectivity index (χ0n) is 13.9. The van der Waals surface area contributed by atoms with E-state index in [2.05, 4.69) is 10.2 Å². The van der Waals surface area contributed by atoms with Crippen molar-refractivity contribution in [1.29, 1.82) is 0 Å². The molecule has 2 atom stereocenters. The van der Waals surface area contributed by atoms with Gasteiger partial charge in [-0.2, -0.15) is 46.6 Å². The van der Waals surface area contributed by atoms with E-state index in [1.165, 1.54) is 0 Å². The van der Waals surface area contributed by atoms with Gasteiger partial charge in [-0.1, -0.05) is 0 Å². The van der Waals surface area contributed by atoms with Crippen molar-refractivity contribution >= 4 is 23.2 Å². The number of hydrogen-bond donors (Lipinski definition) is 2. The number of alkyl halides is 6. The lowest BCUT2D eigenvalue weighted by Gasteiger charge is -2.34. The van der Waals surface area contributed by atoms with Gasteiger partial charge in [0.1, 0.15) is 6.42 Å². The summed E-state index contributed by atoms with van der Waals surface area (Å²) in [6.45, 7) is 2.17. The number of aliphatic hydroxyl groups is 2. The topological polar surface area (TPSA) is 106 Å². The van der Waals surface area contributed by atoms with E-state index < -0.39 is 54.9 Å². The van der Waals surface area contributed by atoms with Crippen molar-refractivity contribution in [3.05, 3.63) is 0 Å². The van der Waals surface area contributed by atoms with E-state index in [-0.39, 0.29) is 21.4 Å². The summed E-state index contributed by atoms with van der Waals surface area (Å²) in [6.07, 6.45) is -14.4. The van der Waals surface area contributed by atoms with Crippen LogP contribution in [0.15, 0.2) is 10.2 Å². The molecular weight excluding hydrogens is 390 g/mol. The molecule has 0 fully saturated rings. The molecule has 0 saturated carbocycles. The molecule has 14 heteroatoms. The van der Waals surface area contributed by atoms with E-state index in [0.717, 1.165) is 13.8 Å². The summed E-state index contributed by atoms with van der Waals surface area (Å²) in [7, 11) is 0. The highest BCUT2D eigenvalue weighted by Gasteiger charge is 2.64. The molecule has 0 radical (unpaired) electrons. The maximum absolute atomic E-state index is 13.1. The second-order valence-corrected chi connectivity index (χ2v) is 6.24. The zero-order chi connectivity index (χ0) is 21.0. The minimum atomic E-state index is -5.33. The van der Waals surface area contributed by atoms with Crippen molar-refractivity contribution in [3.8, 4) is 0 Å². The van der Waals surface area contributed by atoms with Crippen LogP contribution in [0.1, 0.15) is 33.1 Å². The van der Waals surface area contributed by atoms with E-state index in [0.29, 0.717) is 0 Å². The Balaban J connectivity index is 2.26. The quantitative estimate of drug-likeness (QED) is 0.531. The lowest BCUT2D eigenvalue weighted by molar-refractivity contribution is -0.304. The normalized spacial score (nSPS) is 29.1. The Morgan fingerprint density at radius 3 is 1.44 bits per heavy atom. The third-order valence-corrected chi connectivity index (χ3v) is 3.93. The molecule has 2 rings (SSSR count). The van der Waals surface area contributed by atoms with Gasteiger partial charge in [0.25, 0.3) is 23.3 Å². The van der Waals surface area contributed by atoms with Gasteiger partial charge in [-0.05, 0) is 13.8 Å². The van der Waals surface area contributed by atoms with Crippen molar-refractivity contribution < 1.29 is 46.1 Å². The van der Waals surface area contributed by atoms with Gasteiger partial charge in [-0.25, -0.2) is 0 Å². The summed E-state index contributed by atoms with van der Waals surface area (Å²) >= 11 is 0. The molecule has 0 aromatic rings. The lowest BCUT2D eigenvalue weighted by Crippen LogP contribution is -2.59. The molecule has 2 N–H and O–H groups in total. The first kappa shape index (κ1) is 21.1. The Morgan fingerprint density at radius 2 is 1.19 bits per heavy atom. The third kappa shape index (κ3) is 3.38. The predicted octanol–water partition coefficient (Wildman–Crippen LogP) is 1.09. The first-order valence-electron chi connectivity index (χ1n) is 7.35. The zero-order valence-corrected chi connectivity index (χ0v) is 13.9. The van der Waals surface area contributed by atoms with Gasteiger partial charge < -0.3 is 10.2 Å². The van der Waals surface area contributed by atoms with E-state index in [1.54, 1.807) is 0 Å². The van der Waals surface area contributed by atoms with Gasteiger partial charge in [-0.15, -0.1) is 0 Å². The molecule has 0 spiro atoms. The molecule has 0 aromatic heterocycles. The minimum absolute atomic E-state index is 0.280. The average Bonchev–Trinajstić information content (AvgIpc) is 2.95. The van der Waals surface area contributed by atoms with Crippen molar-refractivity contribution in [1.82, 2.24) is 10.0 Å². The van der Waals surface area contributed by atoms with Crippen LogP contribution in [0, 0.1) is 0 Å². The largest absolute Gasteiger partial charge is 0.438 e. The Labute approximate surface area is 147 Å². The van der Waals surface area contributed by atoms with Crippen LogP contribution >= 0.6 is 0 Å². The lowest BCUT2D eigenvalue weighted by atomic mass is 10.1. The van der Waals surface area contributed by atoms with E-state index in [1.807, 2.05) is 0 Å². The molecule has 2 unspecified atom stereocenters. The second-order valence-electron chi connectivity index (χ2n) is 6.24. The third-order valence-electron chi connectivity index (χ3n) is 3.93. The monoisotopic (exact) mass is 404 g/mol. The SMILES string of the molecule is CC1=NN(C(=O)CC(=O)N2N=C(C)CC2(O)C(F)(F)F)C(O)(C(F)(F)F)C1. The highest BCUT2D eigenvalue weighted by Crippen LogP contribution is 2.42. The molecule has 0 bridgehead atoms. The molecule has 0 aliphatic carbocycles. The first-order chi connectivity index (χ1) is 12.0. The van der Waals surface area contributed by atoms with E-state index in [9.17, 15) is 46.1 Å². The number of nitrogens with zero attached hydrogens (tertiary/aromatic N) is 4. The summed E-state index contributed by atoms with van der Waals surface area (Å²) in [5.41, 5.74) is -8.01. The molecule has 2 heterocycles. The standard InChI is InChI=1S/C13H14F6N4O4/c1-6-4-10(26,12(14,15)16)22(20-6)8(24)3-9(25)23-11(27,13(17,18)19)5-7(2)21-23/h26-27H,3-5H2,1-2H3. The maximum Gasteiger partial charge on any atom is 0.438 e. The minimum Gasteiger partial charge on any atom is -0.362 e. The molecule has 152 valence electrons. The maximum atomic E-state index is 13.1. The van der Waals surface area contributed by atoms with Crippen LogP contribution in [0.3, 0.4) is 0 Å². The van der Waals surface area contributed by atoms with Crippen molar-refractivity contribution in [3.63, 3.8) is 0 Å². The van der Waals surface area contributed by atoms with Crippen molar-refractivity contribution in [2.75, 3.05) is 0 Å². The molecule has 8 nitrogen and oxygen atoms in total. The Bertz CT molecular complexity index is 673. The Morgan fingerprint density at radius 1 is 0.889 bits per heavy atom. The summed E-state index contributed by atoms with van der Waals surface area (Å²) in [6, 6.07) is 0. The Hall–Kier alpha value is -2.22. The van der Waals surface area contributed by atoms with Gasteiger partial charge in [-0.3, -0.25) is 9.59 Å². The highest BCUT2D eigenvalue weighted by atomic mass is 19.4. The number of carbonyl (C=O) groups excluding carboxylic acids is 2. The first-order valence-corrected chi connectivity index (χ1v) is 7.35. The highest BCUT2D eigenvalue weighted by molar-refractivity contribution is 6.00. The number of halogens is 6. The van der Waals surface area contributed by atoms with Crippen LogP contribution < -0.4 is 0 Å². The molecule has 0 aromatic carbocycles. The number of amides is 2. The fraction of sp³-hybridized carbons (Fsp3) is 0.692. The fourth-order valence-corrected chi connectivity index (χ4v) is 2.68. The van der Waals surface area contributed by atoms with Crippen LogP contribution in [0.5, 0.6) is 0 Å². The second kappa shape index (κ2) is 6.15. The van der Waals surface area contributed by atoms with Gasteiger partial charge in [0.05, 0.1) is 0 Å². The van der Waals surface area contributed by atoms with Crippen LogP contribution in [0.4, 0.5) is 26.3 Å². The van der Waals surface area contributed by atoms with Crippen molar-refractivity contribution in [2.24, 2.45) is 10.2 Å². The molecule has 27 heavy (non-hydrogen) atoms. The number of carbonyl (C=O) groups is 2. The average molecular weight is 404 g/mol. The number of hydrazone groups is 2. The van der Waals surface area contributed by atoms with Gasteiger partial charge in [0, 0.05) is 24.3 Å². The molecule has 2 aliphatic rings. The van der Waals surface area contributed by atoms with Gasteiger partial charge >= 0.3 is 12.4 Å². The predicted molar refractivity (Wildman–Crippen MR) is 75.8 cm³/mol. The van der Waals surface area contributed by atoms with E-state index in [4.69, 9.17) is 0 Å². The molecule has 2 amide bonds. The van der Waals surface area contributed by atoms with Crippen LogP contribution in [-0.4, -0.2) is 67.3 Å². The van der Waals surface area contributed by atoms with Crippen molar-refractivity contribution in [2.45, 2.75) is 56.9 Å². The number of rotatable bonds is 2. The molecule has 0 saturated heterocycles. The Kier molecular flexibility index (Phi) is 4.81. The fourth-order valence-electron chi connectivity index (χ4n) is 2.68. The number of hydrogen-bond acceptors (Lipinski definition) is 6. The summed E-state index contributed by atoms with van der Waals surface area (Å²) in [4.78, 5) is 24.1. The molecular formula is C13H14F6N4O4. The summed E-state index contributed by atoms with van der Waals surface area (Å²) in [5.74, 6) is -3.41. The summed E-state index contributed by atoms with van der Waals surface area (Å²) < 4.78 is 78.4. The van der Waals surface area contributed by atoms with Gasteiger partial charge in [0.15, 0.2) is 0 Å².